The second kappa shape index (κ2) is 7.92. The number of allylic oxidation sites excluding steroid dienone is 5. The molecular formula is C20H26N4. The molecule has 126 valence electrons. The van der Waals surface area contributed by atoms with Crippen molar-refractivity contribution in [3.8, 4) is 6.07 Å². The van der Waals surface area contributed by atoms with Crippen molar-refractivity contribution >= 4 is 11.8 Å². The van der Waals surface area contributed by atoms with Gasteiger partial charge in [0.15, 0.2) is 0 Å². The predicted molar refractivity (Wildman–Crippen MR) is 98.5 cm³/mol. The van der Waals surface area contributed by atoms with Gasteiger partial charge in [-0.3, -0.25) is 0 Å². The normalized spacial score (nSPS) is 23.9. The Balaban J connectivity index is 0.000000471. The van der Waals surface area contributed by atoms with Crippen LogP contribution in [0.5, 0.6) is 0 Å². The Morgan fingerprint density at radius 2 is 2.21 bits per heavy atom. The number of aryl methyl sites for hydroxylation is 1. The first-order chi connectivity index (χ1) is 11.6. The summed E-state index contributed by atoms with van der Waals surface area (Å²) in [4.78, 5) is 4.11. The second-order valence-electron chi connectivity index (χ2n) is 6.54. The topological polar surface area (TPSA) is 65.5 Å². The van der Waals surface area contributed by atoms with Gasteiger partial charge in [-0.15, -0.1) is 6.58 Å². The maximum absolute atomic E-state index is 9.52. The Hall–Kier alpha value is -2.41. The van der Waals surface area contributed by atoms with Gasteiger partial charge in [-0.1, -0.05) is 18.6 Å². The summed E-state index contributed by atoms with van der Waals surface area (Å²) in [6, 6.07) is 2.37. The fraction of sp³-hybridized carbons (Fsp3) is 0.450. The summed E-state index contributed by atoms with van der Waals surface area (Å²) >= 11 is 0. The summed E-state index contributed by atoms with van der Waals surface area (Å²) in [5.41, 5.74) is 5.46. The average molecular weight is 322 g/mol. The zero-order chi connectivity index (χ0) is 17.7. The Bertz CT molecular complexity index is 727. The highest BCUT2D eigenvalue weighted by atomic mass is 15.0. The van der Waals surface area contributed by atoms with E-state index in [9.17, 15) is 5.26 Å². The average Bonchev–Trinajstić information content (AvgIpc) is 3.24. The zero-order valence-electron chi connectivity index (χ0n) is 14.8. The molecule has 0 aromatic carbocycles. The van der Waals surface area contributed by atoms with Crippen LogP contribution in [0.1, 0.15) is 45.2 Å². The monoisotopic (exact) mass is 322 g/mol. The zero-order valence-corrected chi connectivity index (χ0v) is 14.8. The number of nitrogens with one attached hydrogen (secondary N) is 1. The molecule has 0 amide bonds. The molecule has 2 unspecified atom stereocenters. The van der Waals surface area contributed by atoms with Gasteiger partial charge >= 0.3 is 0 Å². The van der Waals surface area contributed by atoms with Crippen LogP contribution in [-0.4, -0.2) is 15.8 Å². The van der Waals surface area contributed by atoms with Gasteiger partial charge < -0.3 is 9.98 Å². The van der Waals surface area contributed by atoms with Crippen molar-refractivity contribution < 1.29 is 0 Å². The lowest BCUT2D eigenvalue weighted by molar-refractivity contribution is 0.487. The minimum Gasteiger partial charge on any atom is -0.333 e. The second-order valence-corrected chi connectivity index (χ2v) is 6.54. The molecule has 0 bridgehead atoms. The van der Waals surface area contributed by atoms with E-state index in [0.717, 1.165) is 37.0 Å². The molecule has 1 aromatic heterocycles. The number of imidazole rings is 1. The lowest BCUT2D eigenvalue weighted by Gasteiger charge is -2.09. The Morgan fingerprint density at radius 3 is 2.71 bits per heavy atom. The molecule has 2 aliphatic carbocycles. The number of hydrogen-bond donors (Lipinski definition) is 1. The molecule has 1 aromatic rings. The van der Waals surface area contributed by atoms with Crippen molar-refractivity contribution in [2.45, 2.75) is 39.5 Å². The van der Waals surface area contributed by atoms with Crippen LogP contribution in [0.15, 0.2) is 41.9 Å². The lowest BCUT2D eigenvalue weighted by Crippen LogP contribution is -2.03. The third kappa shape index (κ3) is 3.41. The summed E-state index contributed by atoms with van der Waals surface area (Å²) in [5, 5.41) is 17.1. The smallest absolute Gasteiger partial charge is 0.101 e. The van der Waals surface area contributed by atoms with Gasteiger partial charge in [0.05, 0.1) is 23.8 Å². The van der Waals surface area contributed by atoms with Crippen LogP contribution in [0.3, 0.4) is 0 Å². The first-order valence-corrected chi connectivity index (χ1v) is 8.47. The van der Waals surface area contributed by atoms with E-state index < -0.39 is 0 Å². The predicted octanol–water partition coefficient (Wildman–Crippen LogP) is 4.68. The van der Waals surface area contributed by atoms with E-state index in [2.05, 4.69) is 31.5 Å². The van der Waals surface area contributed by atoms with E-state index in [1.165, 1.54) is 22.9 Å². The summed E-state index contributed by atoms with van der Waals surface area (Å²) in [6.07, 6.45) is 10.9. The van der Waals surface area contributed by atoms with Crippen LogP contribution in [0.25, 0.3) is 5.57 Å². The Kier molecular flexibility index (Phi) is 5.92. The van der Waals surface area contributed by atoms with Gasteiger partial charge in [0.25, 0.3) is 0 Å². The number of fused-ring (bicyclic) bond motifs is 1. The van der Waals surface area contributed by atoms with Crippen molar-refractivity contribution in [1.29, 1.82) is 10.7 Å². The minimum absolute atomic E-state index is 0.444. The highest BCUT2D eigenvalue weighted by Gasteiger charge is 2.39. The number of nitrogens with zero attached hydrogens (tertiary/aromatic N) is 3. The summed E-state index contributed by atoms with van der Waals surface area (Å²) in [5.74, 6) is 1.03. The van der Waals surface area contributed by atoms with E-state index in [1.807, 2.05) is 17.7 Å². The maximum atomic E-state index is 9.52. The van der Waals surface area contributed by atoms with Crippen LogP contribution in [-0.2, 0) is 7.05 Å². The summed E-state index contributed by atoms with van der Waals surface area (Å²) < 4.78 is 1.90. The Labute approximate surface area is 144 Å². The molecule has 1 N–H and O–H groups in total. The molecule has 0 saturated heterocycles. The summed E-state index contributed by atoms with van der Waals surface area (Å²) in [7, 11) is 1.92. The molecule has 4 heteroatoms. The van der Waals surface area contributed by atoms with Crippen molar-refractivity contribution in [1.82, 2.24) is 9.55 Å². The van der Waals surface area contributed by atoms with Crippen molar-refractivity contribution in [2.75, 3.05) is 0 Å². The highest BCUT2D eigenvalue weighted by Crippen LogP contribution is 2.50. The standard InChI is InChI=1S/C16H18N4.C4H8/c1-10-3-11-4-12(5-13(11)14(10)6-17)15(7-18)16-8-19-9-20(16)2;1-3-4-2/h6,8-9,11,13,17H,3-5H2,1-2H3;3H,1,4H2,2H3/b15-12+,17-6?;. The van der Waals surface area contributed by atoms with Crippen LogP contribution in [0.2, 0.25) is 0 Å². The van der Waals surface area contributed by atoms with E-state index in [1.54, 1.807) is 12.5 Å². The minimum atomic E-state index is 0.444. The van der Waals surface area contributed by atoms with E-state index in [-0.39, 0.29) is 0 Å². The van der Waals surface area contributed by atoms with E-state index in [0.29, 0.717) is 11.8 Å². The number of rotatable bonds is 3. The number of nitriles is 1. The first kappa shape index (κ1) is 17.9. The molecule has 0 aliphatic heterocycles. The largest absolute Gasteiger partial charge is 0.333 e. The fourth-order valence-corrected chi connectivity index (χ4v) is 3.73. The summed E-state index contributed by atoms with van der Waals surface area (Å²) in [6.45, 7) is 7.68. The molecule has 0 spiro atoms. The fourth-order valence-electron chi connectivity index (χ4n) is 3.73. The van der Waals surface area contributed by atoms with Crippen molar-refractivity contribution in [3.63, 3.8) is 0 Å². The SMILES string of the molecule is C=CCC.CC1=C(C=N)C2C/C(=C(\C#N)c3cncn3C)CC2C1. The third-order valence-electron chi connectivity index (χ3n) is 4.99. The molecular weight excluding hydrogens is 296 g/mol. The quantitative estimate of drug-likeness (QED) is 0.499. The van der Waals surface area contributed by atoms with Gasteiger partial charge in [-0.25, -0.2) is 4.98 Å². The van der Waals surface area contributed by atoms with Crippen LogP contribution in [0, 0.1) is 28.6 Å². The molecule has 0 radical (unpaired) electrons. The molecule has 1 saturated carbocycles. The molecule has 2 aliphatic rings. The van der Waals surface area contributed by atoms with Gasteiger partial charge in [0.2, 0.25) is 0 Å². The van der Waals surface area contributed by atoms with Gasteiger partial charge in [-0.05, 0) is 55.6 Å². The van der Waals surface area contributed by atoms with Crippen LogP contribution < -0.4 is 0 Å². The van der Waals surface area contributed by atoms with Crippen LogP contribution in [0.4, 0.5) is 0 Å². The first-order valence-electron chi connectivity index (χ1n) is 8.47. The maximum Gasteiger partial charge on any atom is 0.101 e. The molecule has 2 atom stereocenters. The highest BCUT2D eigenvalue weighted by molar-refractivity contribution is 5.81. The van der Waals surface area contributed by atoms with Gasteiger partial charge in [0, 0.05) is 13.3 Å². The van der Waals surface area contributed by atoms with Crippen molar-refractivity contribution in [3.05, 3.63) is 47.6 Å². The van der Waals surface area contributed by atoms with E-state index >= 15 is 0 Å². The number of aromatic nitrogens is 2. The third-order valence-corrected chi connectivity index (χ3v) is 4.99. The van der Waals surface area contributed by atoms with E-state index in [4.69, 9.17) is 5.41 Å². The lowest BCUT2D eigenvalue weighted by atomic mass is 9.95. The molecule has 1 heterocycles. The number of hydrogen-bond acceptors (Lipinski definition) is 3. The molecule has 1 fully saturated rings. The van der Waals surface area contributed by atoms with Crippen LogP contribution >= 0.6 is 0 Å². The molecule has 3 rings (SSSR count). The van der Waals surface area contributed by atoms with Crippen molar-refractivity contribution in [2.24, 2.45) is 18.9 Å². The molecule has 4 nitrogen and oxygen atoms in total. The molecule has 24 heavy (non-hydrogen) atoms. The van der Waals surface area contributed by atoms with Gasteiger partial charge in [0.1, 0.15) is 6.07 Å². The van der Waals surface area contributed by atoms with Gasteiger partial charge in [-0.2, -0.15) is 5.26 Å². The Morgan fingerprint density at radius 1 is 1.50 bits per heavy atom.